The first-order valence-corrected chi connectivity index (χ1v) is 15.1. The van der Waals surface area contributed by atoms with Crippen molar-refractivity contribution in [3.8, 4) is 22.6 Å². The largest absolute Gasteiger partial charge is 0.573 e. The van der Waals surface area contributed by atoms with Crippen molar-refractivity contribution in [2.75, 3.05) is 13.2 Å². The highest BCUT2D eigenvalue weighted by Crippen LogP contribution is 2.41. The number of allylic oxidation sites excluding steroid dienone is 2. The summed E-state index contributed by atoms with van der Waals surface area (Å²) in [6.45, 7) is 2.66. The number of ether oxygens (including phenoxy) is 4. The van der Waals surface area contributed by atoms with Crippen molar-refractivity contribution in [3.05, 3.63) is 95.1 Å². The van der Waals surface area contributed by atoms with E-state index in [9.17, 15) is 30.7 Å². The molecule has 0 unspecified atom stereocenters. The van der Waals surface area contributed by atoms with E-state index in [-0.39, 0.29) is 35.8 Å². The second-order valence-corrected chi connectivity index (χ2v) is 11.6. The van der Waals surface area contributed by atoms with E-state index < -0.39 is 59.1 Å². The zero-order chi connectivity index (χ0) is 33.9. The third-order valence-corrected chi connectivity index (χ3v) is 8.33. The molecule has 0 aromatic heterocycles. The number of hydrogen-bond acceptors (Lipinski definition) is 4. The maximum absolute atomic E-state index is 15.0. The van der Waals surface area contributed by atoms with Crippen LogP contribution in [0, 0.1) is 41.0 Å². The highest BCUT2D eigenvalue weighted by Gasteiger charge is 2.42. The van der Waals surface area contributed by atoms with Gasteiger partial charge in [0.25, 0.3) is 0 Å². The van der Waals surface area contributed by atoms with E-state index in [4.69, 9.17) is 9.47 Å². The lowest BCUT2D eigenvalue weighted by Gasteiger charge is -2.37. The predicted molar refractivity (Wildman–Crippen MR) is 152 cm³/mol. The summed E-state index contributed by atoms with van der Waals surface area (Å²) >= 11 is 0. The van der Waals surface area contributed by atoms with Crippen molar-refractivity contribution in [3.63, 3.8) is 0 Å². The summed E-state index contributed by atoms with van der Waals surface area (Å²) in [7, 11) is 0. The van der Waals surface area contributed by atoms with E-state index >= 15 is 8.78 Å². The van der Waals surface area contributed by atoms with Gasteiger partial charge in [0.15, 0.2) is 17.9 Å². The first kappa shape index (κ1) is 34.6. The number of rotatable bonds is 9. The smallest absolute Gasteiger partial charge is 0.429 e. The topological polar surface area (TPSA) is 36.9 Å². The van der Waals surface area contributed by atoms with Gasteiger partial charge in [-0.3, -0.25) is 0 Å². The number of alkyl halides is 5. The van der Waals surface area contributed by atoms with Crippen molar-refractivity contribution in [2.45, 2.75) is 57.8 Å². The zero-order valence-electron chi connectivity index (χ0n) is 25.1. The average molecular weight is 675 g/mol. The molecule has 0 spiro atoms. The molecule has 1 aliphatic heterocycles. The van der Waals surface area contributed by atoms with Crippen molar-refractivity contribution in [1.82, 2.24) is 0 Å². The molecule has 5 rings (SSSR count). The zero-order valence-corrected chi connectivity index (χ0v) is 25.1. The second kappa shape index (κ2) is 14.2. The van der Waals surface area contributed by atoms with Crippen LogP contribution in [0.2, 0.25) is 0 Å². The SMILES string of the molecule is CC/C=C/C1CCC(C2COC(c3cc(F)c(C(F)(F)Oc4ccc(-c5ccc(OC(F)(F)F)c(F)c5)c(F)c4)c(F)c3)OC2)CC1. The summed E-state index contributed by atoms with van der Waals surface area (Å²) in [5.41, 5.74) is -2.49. The Morgan fingerprint density at radius 3 is 1.98 bits per heavy atom. The molecule has 3 aromatic carbocycles. The van der Waals surface area contributed by atoms with E-state index in [1.54, 1.807) is 0 Å². The van der Waals surface area contributed by atoms with Gasteiger partial charge in [-0.2, -0.15) is 8.78 Å². The molecule has 0 N–H and O–H groups in total. The Morgan fingerprint density at radius 2 is 1.40 bits per heavy atom. The number of halogens is 9. The summed E-state index contributed by atoms with van der Waals surface area (Å²) in [4.78, 5) is 0. The van der Waals surface area contributed by atoms with Gasteiger partial charge in [-0.05, 0) is 85.9 Å². The fourth-order valence-corrected chi connectivity index (χ4v) is 6.00. The molecule has 4 nitrogen and oxygen atoms in total. The molecule has 1 heterocycles. The van der Waals surface area contributed by atoms with E-state index in [0.29, 0.717) is 42.2 Å². The lowest BCUT2D eigenvalue weighted by atomic mass is 9.76. The van der Waals surface area contributed by atoms with Gasteiger partial charge in [-0.25, -0.2) is 17.6 Å². The molecule has 3 aromatic rings. The van der Waals surface area contributed by atoms with Crippen LogP contribution >= 0.6 is 0 Å². The molecular weight excluding hydrogens is 643 g/mol. The molecule has 2 aliphatic rings. The van der Waals surface area contributed by atoms with Crippen LogP contribution in [-0.4, -0.2) is 19.6 Å². The maximum Gasteiger partial charge on any atom is 0.573 e. The fraction of sp³-hybridized carbons (Fsp3) is 0.412. The third-order valence-electron chi connectivity index (χ3n) is 8.33. The Morgan fingerprint density at radius 1 is 0.745 bits per heavy atom. The molecule has 13 heteroatoms. The summed E-state index contributed by atoms with van der Waals surface area (Å²) in [5, 5.41) is 0. The van der Waals surface area contributed by atoms with E-state index in [2.05, 4.69) is 28.5 Å². The molecule has 0 atom stereocenters. The monoisotopic (exact) mass is 674 g/mol. The molecular formula is C34H31F9O4. The molecule has 1 saturated heterocycles. The van der Waals surface area contributed by atoms with Crippen LogP contribution < -0.4 is 9.47 Å². The van der Waals surface area contributed by atoms with Crippen molar-refractivity contribution in [2.24, 2.45) is 17.8 Å². The molecule has 0 radical (unpaired) electrons. The van der Waals surface area contributed by atoms with Gasteiger partial charge in [0.2, 0.25) is 0 Å². The minimum absolute atomic E-state index is 0.0997. The molecule has 0 amide bonds. The highest BCUT2D eigenvalue weighted by atomic mass is 19.4. The van der Waals surface area contributed by atoms with Crippen LogP contribution in [0.4, 0.5) is 39.5 Å². The first-order chi connectivity index (χ1) is 22.2. The predicted octanol–water partition coefficient (Wildman–Crippen LogP) is 10.4. The fourth-order valence-electron chi connectivity index (χ4n) is 6.00. The molecule has 2 fully saturated rings. The summed E-state index contributed by atoms with van der Waals surface area (Å²) < 4.78 is 146. The molecule has 0 bridgehead atoms. The van der Waals surface area contributed by atoms with Gasteiger partial charge in [-0.1, -0.05) is 25.1 Å². The lowest BCUT2D eigenvalue weighted by molar-refractivity contribution is -0.275. The number of benzene rings is 3. The van der Waals surface area contributed by atoms with Crippen molar-refractivity contribution < 1.29 is 58.5 Å². The van der Waals surface area contributed by atoms with Gasteiger partial charge in [0.05, 0.1) is 13.2 Å². The Balaban J connectivity index is 1.23. The Kier molecular flexibility index (Phi) is 10.4. The second-order valence-electron chi connectivity index (χ2n) is 11.6. The normalized spacial score (nSPS) is 22.4. The van der Waals surface area contributed by atoms with Crippen LogP contribution in [0.15, 0.2) is 60.7 Å². The summed E-state index contributed by atoms with van der Waals surface area (Å²) in [5.74, 6) is -6.94. The van der Waals surface area contributed by atoms with Crippen LogP contribution in [0.25, 0.3) is 11.1 Å². The molecule has 1 aliphatic carbocycles. The summed E-state index contributed by atoms with van der Waals surface area (Å²) in [6.07, 6.45) is -1.38. The maximum atomic E-state index is 15.0. The van der Waals surface area contributed by atoms with Crippen LogP contribution in [0.3, 0.4) is 0 Å². The van der Waals surface area contributed by atoms with Gasteiger partial charge >= 0.3 is 12.5 Å². The van der Waals surface area contributed by atoms with Crippen LogP contribution in [0.1, 0.15) is 56.4 Å². The minimum Gasteiger partial charge on any atom is -0.429 e. The van der Waals surface area contributed by atoms with Crippen molar-refractivity contribution in [1.29, 1.82) is 0 Å². The quantitative estimate of drug-likeness (QED) is 0.167. The minimum atomic E-state index is -5.16. The summed E-state index contributed by atoms with van der Waals surface area (Å²) in [6, 6.07) is 5.58. The van der Waals surface area contributed by atoms with E-state index in [0.717, 1.165) is 50.3 Å². The Bertz CT molecular complexity index is 1550. The lowest BCUT2D eigenvalue weighted by Crippen LogP contribution is -2.34. The van der Waals surface area contributed by atoms with Gasteiger partial charge in [0.1, 0.15) is 28.8 Å². The Labute approximate surface area is 265 Å². The molecule has 254 valence electrons. The first-order valence-electron chi connectivity index (χ1n) is 15.1. The van der Waals surface area contributed by atoms with Crippen molar-refractivity contribution >= 4 is 0 Å². The van der Waals surface area contributed by atoms with E-state index in [1.807, 2.05) is 0 Å². The standard InChI is InChI=1S/C34H31F9O4/c1-2-3-4-19-5-7-20(8-6-19)23-17-44-32(45-18-23)22-14-28(37)31(29(38)15-22)33(39,40)46-24-10-11-25(26(35)16-24)21-9-12-30(27(36)13-21)47-34(41,42)43/h3-4,9-16,19-20,23,32H,2,5-8,17-18H2,1H3/b4-3+. The van der Waals surface area contributed by atoms with Gasteiger partial charge < -0.3 is 18.9 Å². The molecule has 47 heavy (non-hydrogen) atoms. The van der Waals surface area contributed by atoms with Crippen LogP contribution in [0.5, 0.6) is 11.5 Å². The molecule has 1 saturated carbocycles. The highest BCUT2D eigenvalue weighted by molar-refractivity contribution is 5.66. The average Bonchev–Trinajstić information content (AvgIpc) is 3.00. The van der Waals surface area contributed by atoms with Gasteiger partial charge in [0, 0.05) is 23.1 Å². The number of hydrogen-bond donors (Lipinski definition) is 0. The van der Waals surface area contributed by atoms with E-state index in [1.165, 1.54) is 0 Å². The third kappa shape index (κ3) is 8.42. The Hall–Kier alpha value is -3.71. The van der Waals surface area contributed by atoms with Gasteiger partial charge in [-0.15, -0.1) is 13.2 Å². The van der Waals surface area contributed by atoms with Crippen LogP contribution in [-0.2, 0) is 15.6 Å².